The van der Waals surface area contributed by atoms with E-state index in [1.807, 2.05) is 0 Å². The molecular weight excluding hydrogens is 352 g/mol. The number of furan rings is 1. The number of ether oxygens (including phenoxy) is 3. The van der Waals surface area contributed by atoms with Crippen molar-refractivity contribution in [3.63, 3.8) is 0 Å². The molecule has 0 atom stereocenters. The fourth-order valence-electron chi connectivity index (χ4n) is 1.77. The molecule has 1 heterocycles. The molecule has 0 aliphatic carbocycles. The number of rotatable bonds is 7. The van der Waals surface area contributed by atoms with E-state index in [0.29, 0.717) is 11.3 Å². The van der Waals surface area contributed by atoms with Crippen LogP contribution < -0.4 is 14.9 Å². The van der Waals surface area contributed by atoms with Crippen molar-refractivity contribution < 1.29 is 28.2 Å². The minimum Gasteiger partial charge on any atom is -0.493 e. The second kappa shape index (κ2) is 8.74. The van der Waals surface area contributed by atoms with Crippen LogP contribution in [0.3, 0.4) is 0 Å². The molecule has 0 aliphatic rings. The van der Waals surface area contributed by atoms with E-state index in [1.165, 1.54) is 32.8 Å². The van der Waals surface area contributed by atoms with Gasteiger partial charge in [-0.15, -0.1) is 0 Å². The summed E-state index contributed by atoms with van der Waals surface area (Å²) in [6.45, 7) is -0.306. The van der Waals surface area contributed by atoms with Gasteiger partial charge in [0.25, 0.3) is 0 Å². The summed E-state index contributed by atoms with van der Waals surface area (Å²) in [4.78, 5) is 22.8. The molecule has 0 spiro atoms. The molecule has 2 aromatic rings. The fraction of sp³-hybridized carbons (Fsp3) is 0.188. The van der Waals surface area contributed by atoms with Crippen LogP contribution in [-0.4, -0.2) is 38.9 Å². The van der Waals surface area contributed by atoms with Gasteiger partial charge < -0.3 is 18.6 Å². The van der Waals surface area contributed by atoms with Gasteiger partial charge in [-0.25, -0.2) is 10.2 Å². The molecule has 132 valence electrons. The largest absolute Gasteiger partial charge is 0.493 e. The van der Waals surface area contributed by atoms with Crippen LogP contribution >= 0.6 is 11.6 Å². The highest BCUT2D eigenvalue weighted by Crippen LogP contribution is 2.36. The van der Waals surface area contributed by atoms with Gasteiger partial charge in [0.2, 0.25) is 0 Å². The van der Waals surface area contributed by atoms with E-state index in [1.54, 1.807) is 18.2 Å². The minimum absolute atomic E-state index is 0.138. The smallest absolute Gasteiger partial charge is 0.343 e. The van der Waals surface area contributed by atoms with Crippen LogP contribution in [0.2, 0.25) is 5.02 Å². The van der Waals surface area contributed by atoms with Crippen molar-refractivity contribution in [3.05, 3.63) is 46.9 Å². The van der Waals surface area contributed by atoms with Crippen molar-refractivity contribution in [1.29, 1.82) is 0 Å². The molecule has 2 rings (SSSR count). The first-order valence-electron chi connectivity index (χ1n) is 6.99. The highest BCUT2D eigenvalue weighted by molar-refractivity contribution is 6.32. The first kappa shape index (κ1) is 18.3. The quantitative estimate of drug-likeness (QED) is 0.458. The number of carbonyl (C=O) groups excluding carboxylic acids is 2. The van der Waals surface area contributed by atoms with Gasteiger partial charge in [0.1, 0.15) is 0 Å². The van der Waals surface area contributed by atoms with E-state index < -0.39 is 11.9 Å². The molecule has 0 fully saturated rings. The summed E-state index contributed by atoms with van der Waals surface area (Å²) in [5.74, 6) is -0.400. The number of hydrogen-bond acceptors (Lipinski definition) is 7. The van der Waals surface area contributed by atoms with Crippen molar-refractivity contribution in [3.8, 4) is 11.5 Å². The van der Waals surface area contributed by atoms with Crippen molar-refractivity contribution in [2.24, 2.45) is 5.10 Å². The maximum atomic E-state index is 11.7. The highest BCUT2D eigenvalue weighted by Gasteiger charge is 2.14. The van der Waals surface area contributed by atoms with E-state index >= 15 is 0 Å². The number of esters is 1. The van der Waals surface area contributed by atoms with Crippen LogP contribution in [0.25, 0.3) is 0 Å². The monoisotopic (exact) mass is 366 g/mol. The first-order chi connectivity index (χ1) is 12.0. The number of nitrogens with one attached hydrogen (secondary N) is 1. The maximum absolute atomic E-state index is 11.7. The van der Waals surface area contributed by atoms with Gasteiger partial charge >= 0.3 is 11.9 Å². The zero-order chi connectivity index (χ0) is 18.2. The number of nitrogens with zero attached hydrogens (tertiary/aromatic N) is 1. The Balaban J connectivity index is 2.08. The number of halogens is 1. The van der Waals surface area contributed by atoms with Crippen molar-refractivity contribution >= 4 is 29.7 Å². The predicted molar refractivity (Wildman–Crippen MR) is 89.3 cm³/mol. The molecule has 1 aromatic carbocycles. The Labute approximate surface area is 148 Å². The summed E-state index contributed by atoms with van der Waals surface area (Å²) >= 11 is 6.14. The molecule has 8 nitrogen and oxygen atoms in total. The summed E-state index contributed by atoms with van der Waals surface area (Å²) in [5, 5.41) is 4.03. The number of hydrazone groups is 1. The summed E-state index contributed by atoms with van der Waals surface area (Å²) in [6.07, 6.45) is 2.76. The number of amides is 1. The second-order valence-electron chi connectivity index (χ2n) is 4.58. The lowest BCUT2D eigenvalue weighted by atomic mass is 10.2. The zero-order valence-electron chi connectivity index (χ0n) is 13.4. The Kier molecular flexibility index (Phi) is 6.41. The molecule has 1 amide bonds. The van der Waals surface area contributed by atoms with Gasteiger partial charge in [-0.1, -0.05) is 11.6 Å². The Morgan fingerprint density at radius 3 is 2.80 bits per heavy atom. The van der Waals surface area contributed by atoms with Crippen molar-refractivity contribution in [2.75, 3.05) is 20.8 Å². The van der Waals surface area contributed by atoms with Gasteiger partial charge in [-0.3, -0.25) is 4.79 Å². The lowest BCUT2D eigenvalue weighted by Crippen LogP contribution is -2.16. The summed E-state index contributed by atoms with van der Waals surface area (Å²) in [7, 11) is 2.68. The third-order valence-corrected chi connectivity index (χ3v) is 3.22. The molecular formula is C16H15ClN2O6. The molecule has 9 heteroatoms. The fourth-order valence-corrected chi connectivity index (χ4v) is 2.05. The first-order valence-corrected chi connectivity index (χ1v) is 7.37. The molecule has 1 N–H and O–H groups in total. The van der Waals surface area contributed by atoms with E-state index in [2.05, 4.69) is 15.3 Å². The molecule has 0 bridgehead atoms. The van der Waals surface area contributed by atoms with E-state index in [0.717, 1.165) is 0 Å². The Morgan fingerprint density at radius 2 is 2.16 bits per heavy atom. The van der Waals surface area contributed by atoms with Crippen LogP contribution in [0.1, 0.15) is 16.1 Å². The average molecular weight is 367 g/mol. The Hall–Kier alpha value is -3.00. The molecule has 0 saturated carbocycles. The van der Waals surface area contributed by atoms with Gasteiger partial charge in [0.05, 0.1) is 31.7 Å². The molecule has 0 unspecified atom stereocenters. The third-order valence-electron chi connectivity index (χ3n) is 2.94. The zero-order valence-corrected chi connectivity index (χ0v) is 14.2. The van der Waals surface area contributed by atoms with E-state index in [9.17, 15) is 9.59 Å². The SMILES string of the molecule is COC(=O)COc1c(Cl)cc(/C=N/NC(=O)c2ccco2)cc1OC. The van der Waals surface area contributed by atoms with Crippen LogP contribution in [0.4, 0.5) is 0 Å². The lowest BCUT2D eigenvalue weighted by Gasteiger charge is -2.12. The highest BCUT2D eigenvalue weighted by atomic mass is 35.5. The topological polar surface area (TPSA) is 99.4 Å². The minimum atomic E-state index is -0.551. The number of carbonyl (C=O) groups is 2. The van der Waals surface area contributed by atoms with Crippen molar-refractivity contribution in [1.82, 2.24) is 5.43 Å². The van der Waals surface area contributed by atoms with Gasteiger partial charge in [0, 0.05) is 0 Å². The van der Waals surface area contributed by atoms with Crippen LogP contribution in [0, 0.1) is 0 Å². The summed E-state index contributed by atoms with van der Waals surface area (Å²) in [6, 6.07) is 6.23. The van der Waals surface area contributed by atoms with E-state index in [-0.39, 0.29) is 23.1 Å². The predicted octanol–water partition coefficient (Wildman–Crippen LogP) is 2.26. The summed E-state index contributed by atoms with van der Waals surface area (Å²) in [5.41, 5.74) is 2.86. The maximum Gasteiger partial charge on any atom is 0.343 e. The molecule has 0 radical (unpaired) electrons. The number of methoxy groups -OCH3 is 2. The van der Waals surface area contributed by atoms with Crippen LogP contribution in [-0.2, 0) is 9.53 Å². The Morgan fingerprint density at radius 1 is 1.36 bits per heavy atom. The normalized spacial score (nSPS) is 10.5. The Bertz CT molecular complexity index is 773. The molecule has 25 heavy (non-hydrogen) atoms. The molecule has 1 aromatic heterocycles. The van der Waals surface area contributed by atoms with Crippen molar-refractivity contribution in [2.45, 2.75) is 0 Å². The van der Waals surface area contributed by atoms with E-state index in [4.69, 9.17) is 25.5 Å². The average Bonchev–Trinajstić information content (AvgIpc) is 3.14. The third kappa shape index (κ3) is 4.98. The van der Waals surface area contributed by atoms with Crippen LogP contribution in [0.15, 0.2) is 40.0 Å². The van der Waals surface area contributed by atoms with Gasteiger partial charge in [0.15, 0.2) is 23.9 Å². The van der Waals surface area contributed by atoms with Gasteiger partial charge in [-0.2, -0.15) is 5.10 Å². The molecule has 0 aliphatic heterocycles. The number of benzene rings is 1. The summed E-state index contributed by atoms with van der Waals surface area (Å²) < 4.78 is 19.9. The lowest BCUT2D eigenvalue weighted by molar-refractivity contribution is -0.142. The van der Waals surface area contributed by atoms with Crippen LogP contribution in [0.5, 0.6) is 11.5 Å². The standard InChI is InChI=1S/C16H15ClN2O6/c1-22-13-7-10(6-11(17)15(13)25-9-14(20)23-2)8-18-19-16(21)12-4-3-5-24-12/h3-8H,9H2,1-2H3,(H,19,21)/b18-8+. The number of hydrogen-bond donors (Lipinski definition) is 1. The van der Waals surface area contributed by atoms with Gasteiger partial charge in [-0.05, 0) is 29.8 Å². The molecule has 0 saturated heterocycles. The second-order valence-corrected chi connectivity index (χ2v) is 4.98.